The monoisotopic (exact) mass is 297 g/mol. The molecule has 3 nitrogen and oxygen atoms in total. The molecule has 1 rings (SSSR count). The van der Waals surface area contributed by atoms with E-state index in [4.69, 9.17) is 0 Å². The SMILES string of the molecule is CCCCCCCCCCC(=O)CN1CCCCC1CO. The molecule has 0 aromatic rings. The number of nitrogens with zero attached hydrogens (tertiary/aromatic N) is 1. The lowest BCUT2D eigenvalue weighted by Crippen LogP contribution is -2.44. The van der Waals surface area contributed by atoms with E-state index in [1.165, 1.54) is 57.8 Å². The molecular formula is C18H35NO2. The maximum atomic E-state index is 12.0. The van der Waals surface area contributed by atoms with E-state index in [0.29, 0.717) is 12.3 Å². The molecule has 1 aliphatic heterocycles. The Balaban J connectivity index is 2.00. The van der Waals surface area contributed by atoms with Crippen LogP contribution < -0.4 is 0 Å². The summed E-state index contributed by atoms with van der Waals surface area (Å²) in [6.45, 7) is 3.98. The Morgan fingerprint density at radius 1 is 1.05 bits per heavy atom. The van der Waals surface area contributed by atoms with Crippen LogP contribution in [0.3, 0.4) is 0 Å². The van der Waals surface area contributed by atoms with Crippen LogP contribution in [0.2, 0.25) is 0 Å². The van der Waals surface area contributed by atoms with E-state index in [2.05, 4.69) is 11.8 Å². The number of Topliss-reactive ketones (excluding diaryl/α,β-unsaturated/α-hetero) is 1. The fourth-order valence-corrected chi connectivity index (χ4v) is 3.24. The Bertz CT molecular complexity index is 268. The fraction of sp³-hybridized carbons (Fsp3) is 0.944. The molecule has 1 atom stereocenters. The van der Waals surface area contributed by atoms with Crippen molar-refractivity contribution in [1.29, 1.82) is 0 Å². The van der Waals surface area contributed by atoms with Crippen LogP contribution in [0, 0.1) is 0 Å². The molecular weight excluding hydrogens is 262 g/mol. The molecule has 1 unspecified atom stereocenters. The minimum atomic E-state index is 0.199. The third-order valence-corrected chi connectivity index (χ3v) is 4.65. The summed E-state index contributed by atoms with van der Waals surface area (Å²) in [6, 6.07) is 0.223. The Hall–Kier alpha value is -0.410. The van der Waals surface area contributed by atoms with Crippen LogP contribution in [0.5, 0.6) is 0 Å². The molecule has 1 saturated heterocycles. The lowest BCUT2D eigenvalue weighted by Gasteiger charge is -2.33. The first-order valence-electron chi connectivity index (χ1n) is 9.14. The number of carbonyl (C=O) groups excluding carboxylic acids is 1. The molecule has 0 aromatic carbocycles. The van der Waals surface area contributed by atoms with Gasteiger partial charge in [-0.2, -0.15) is 0 Å². The quantitative estimate of drug-likeness (QED) is 0.555. The van der Waals surface area contributed by atoms with E-state index >= 15 is 0 Å². The summed E-state index contributed by atoms with van der Waals surface area (Å²) in [7, 11) is 0. The molecule has 0 bridgehead atoms. The van der Waals surface area contributed by atoms with Gasteiger partial charge in [0.2, 0.25) is 0 Å². The molecule has 0 radical (unpaired) electrons. The van der Waals surface area contributed by atoms with Gasteiger partial charge in [-0.05, 0) is 25.8 Å². The van der Waals surface area contributed by atoms with Gasteiger partial charge in [0.05, 0.1) is 13.2 Å². The predicted octanol–water partition coefficient (Wildman–Crippen LogP) is 3.93. The molecule has 0 aromatic heterocycles. The molecule has 0 amide bonds. The van der Waals surface area contributed by atoms with Gasteiger partial charge in [0.25, 0.3) is 0 Å². The van der Waals surface area contributed by atoms with Gasteiger partial charge in [-0.3, -0.25) is 9.69 Å². The third kappa shape index (κ3) is 8.57. The summed E-state index contributed by atoms with van der Waals surface area (Å²) in [5, 5.41) is 9.36. The standard InChI is InChI=1S/C18H35NO2/c1-2-3-4-5-6-7-8-9-13-18(21)15-19-14-11-10-12-17(19)16-20/h17,20H,2-16H2,1H3. The zero-order valence-corrected chi connectivity index (χ0v) is 14.0. The minimum absolute atomic E-state index is 0.199. The van der Waals surface area contributed by atoms with Crippen LogP contribution in [-0.4, -0.2) is 41.5 Å². The highest BCUT2D eigenvalue weighted by Crippen LogP contribution is 2.17. The van der Waals surface area contributed by atoms with Gasteiger partial charge in [-0.1, -0.05) is 58.3 Å². The van der Waals surface area contributed by atoms with Crippen molar-refractivity contribution < 1.29 is 9.90 Å². The normalized spacial score (nSPS) is 19.8. The molecule has 21 heavy (non-hydrogen) atoms. The third-order valence-electron chi connectivity index (χ3n) is 4.65. The summed E-state index contributed by atoms with van der Waals surface area (Å²) >= 11 is 0. The largest absolute Gasteiger partial charge is 0.395 e. The second-order valence-corrected chi connectivity index (χ2v) is 6.57. The van der Waals surface area contributed by atoms with Gasteiger partial charge in [0, 0.05) is 12.5 Å². The molecule has 3 heteroatoms. The van der Waals surface area contributed by atoms with Crippen LogP contribution in [0.25, 0.3) is 0 Å². The predicted molar refractivity (Wildman–Crippen MR) is 88.5 cm³/mol. The molecule has 1 fully saturated rings. The first-order valence-corrected chi connectivity index (χ1v) is 9.14. The van der Waals surface area contributed by atoms with Crippen molar-refractivity contribution in [2.24, 2.45) is 0 Å². The number of aliphatic hydroxyl groups is 1. The number of piperidine rings is 1. The Morgan fingerprint density at radius 3 is 2.38 bits per heavy atom. The summed E-state index contributed by atoms with van der Waals surface area (Å²) in [4.78, 5) is 14.2. The number of aliphatic hydroxyl groups excluding tert-OH is 1. The van der Waals surface area contributed by atoms with Crippen molar-refractivity contribution in [2.45, 2.75) is 90.0 Å². The highest BCUT2D eigenvalue weighted by molar-refractivity contribution is 5.80. The topological polar surface area (TPSA) is 40.5 Å². The van der Waals surface area contributed by atoms with Crippen molar-refractivity contribution in [3.05, 3.63) is 0 Å². The molecule has 1 aliphatic rings. The number of hydrogen-bond acceptors (Lipinski definition) is 3. The lowest BCUT2D eigenvalue weighted by molar-refractivity contribution is -0.121. The Labute approximate surface area is 131 Å². The summed E-state index contributed by atoms with van der Waals surface area (Å²) < 4.78 is 0. The zero-order valence-electron chi connectivity index (χ0n) is 14.0. The number of likely N-dealkylation sites (tertiary alicyclic amines) is 1. The second-order valence-electron chi connectivity index (χ2n) is 6.57. The molecule has 0 saturated carbocycles. The fourth-order valence-electron chi connectivity index (χ4n) is 3.24. The maximum Gasteiger partial charge on any atom is 0.146 e. The van der Waals surface area contributed by atoms with Gasteiger partial charge >= 0.3 is 0 Å². The highest BCUT2D eigenvalue weighted by Gasteiger charge is 2.23. The molecule has 0 aliphatic carbocycles. The van der Waals surface area contributed by atoms with Crippen LogP contribution in [-0.2, 0) is 4.79 Å². The van der Waals surface area contributed by atoms with Gasteiger partial charge < -0.3 is 5.11 Å². The summed E-state index contributed by atoms with van der Waals surface area (Å²) in [6.07, 6.45) is 14.4. The minimum Gasteiger partial charge on any atom is -0.395 e. The molecule has 1 heterocycles. The Kier molecular flexibility index (Phi) is 10.8. The van der Waals surface area contributed by atoms with Crippen molar-refractivity contribution >= 4 is 5.78 Å². The molecule has 124 valence electrons. The van der Waals surface area contributed by atoms with Crippen LogP contribution in [0.15, 0.2) is 0 Å². The highest BCUT2D eigenvalue weighted by atomic mass is 16.3. The molecule has 0 spiro atoms. The van der Waals surface area contributed by atoms with Crippen LogP contribution in [0.1, 0.15) is 84.0 Å². The number of carbonyl (C=O) groups is 1. The number of hydrogen-bond donors (Lipinski definition) is 1. The molecule has 1 N–H and O–H groups in total. The first kappa shape index (κ1) is 18.6. The van der Waals surface area contributed by atoms with Gasteiger partial charge in [-0.25, -0.2) is 0 Å². The van der Waals surface area contributed by atoms with Gasteiger partial charge in [0.1, 0.15) is 5.78 Å². The Morgan fingerprint density at radius 2 is 1.71 bits per heavy atom. The van der Waals surface area contributed by atoms with E-state index in [0.717, 1.165) is 25.8 Å². The van der Waals surface area contributed by atoms with Crippen molar-refractivity contribution in [3.8, 4) is 0 Å². The van der Waals surface area contributed by atoms with Crippen LogP contribution >= 0.6 is 0 Å². The number of unbranched alkanes of at least 4 members (excludes halogenated alkanes) is 7. The smallest absolute Gasteiger partial charge is 0.146 e. The van der Waals surface area contributed by atoms with Crippen molar-refractivity contribution in [1.82, 2.24) is 4.90 Å². The van der Waals surface area contributed by atoms with Gasteiger partial charge in [-0.15, -0.1) is 0 Å². The maximum absolute atomic E-state index is 12.0. The van der Waals surface area contributed by atoms with E-state index in [-0.39, 0.29) is 12.6 Å². The average Bonchev–Trinajstić information content (AvgIpc) is 2.50. The van der Waals surface area contributed by atoms with E-state index in [9.17, 15) is 9.90 Å². The summed E-state index contributed by atoms with van der Waals surface area (Å²) in [5.74, 6) is 0.362. The second kappa shape index (κ2) is 12.2. The van der Waals surface area contributed by atoms with Gasteiger partial charge in [0.15, 0.2) is 0 Å². The first-order chi connectivity index (χ1) is 10.3. The number of ketones is 1. The van der Waals surface area contributed by atoms with Crippen molar-refractivity contribution in [3.63, 3.8) is 0 Å². The lowest BCUT2D eigenvalue weighted by atomic mass is 10.0. The van der Waals surface area contributed by atoms with E-state index in [1.807, 2.05) is 0 Å². The van der Waals surface area contributed by atoms with E-state index in [1.54, 1.807) is 0 Å². The van der Waals surface area contributed by atoms with Crippen molar-refractivity contribution in [2.75, 3.05) is 19.7 Å². The average molecular weight is 297 g/mol. The number of rotatable bonds is 12. The van der Waals surface area contributed by atoms with E-state index < -0.39 is 0 Å². The summed E-state index contributed by atoms with van der Waals surface area (Å²) in [5.41, 5.74) is 0. The van der Waals surface area contributed by atoms with Crippen LogP contribution in [0.4, 0.5) is 0 Å². The zero-order chi connectivity index (χ0) is 15.3.